The predicted octanol–water partition coefficient (Wildman–Crippen LogP) is 1.58. The zero-order chi connectivity index (χ0) is 14.6. The maximum absolute atomic E-state index is 12.5. The van der Waals surface area contributed by atoms with Crippen LogP contribution in [0.2, 0.25) is 0 Å². The van der Waals surface area contributed by atoms with E-state index in [1.54, 1.807) is 6.07 Å². The van der Waals surface area contributed by atoms with Gasteiger partial charge in [-0.25, -0.2) is 0 Å². The normalized spacial score (nSPS) is 20.8. The second kappa shape index (κ2) is 6.56. The zero-order valence-corrected chi connectivity index (χ0v) is 12.7. The highest BCUT2D eigenvalue weighted by Gasteiger charge is 2.28. The molecule has 0 amide bonds. The third kappa shape index (κ3) is 3.50. The van der Waals surface area contributed by atoms with E-state index >= 15 is 0 Å². The summed E-state index contributed by atoms with van der Waals surface area (Å²) in [5, 5.41) is 0. The van der Waals surface area contributed by atoms with Crippen LogP contribution in [0.4, 0.5) is 5.69 Å². The minimum absolute atomic E-state index is 0.266. The fourth-order valence-corrected chi connectivity index (χ4v) is 3.95. The van der Waals surface area contributed by atoms with Crippen LogP contribution in [-0.2, 0) is 16.6 Å². The van der Waals surface area contributed by atoms with Crippen molar-refractivity contribution in [2.24, 2.45) is 11.7 Å². The van der Waals surface area contributed by atoms with Gasteiger partial charge in [0.25, 0.3) is 0 Å². The number of piperidine rings is 1. The number of anilines is 1. The van der Waals surface area contributed by atoms with E-state index in [2.05, 4.69) is 4.72 Å². The van der Waals surface area contributed by atoms with Gasteiger partial charge in [0.1, 0.15) is 0 Å². The number of rotatable bonds is 5. The van der Waals surface area contributed by atoms with Crippen molar-refractivity contribution in [2.45, 2.75) is 26.2 Å². The lowest BCUT2D eigenvalue weighted by atomic mass is 10.0. The summed E-state index contributed by atoms with van der Waals surface area (Å²) in [4.78, 5) is 0. The average Bonchev–Trinajstić information content (AvgIpc) is 2.47. The van der Waals surface area contributed by atoms with E-state index in [1.165, 1.54) is 4.31 Å². The fourth-order valence-electron chi connectivity index (χ4n) is 2.57. The first-order chi connectivity index (χ1) is 9.56. The second-order valence-corrected chi connectivity index (χ2v) is 6.89. The van der Waals surface area contributed by atoms with Gasteiger partial charge < -0.3 is 5.73 Å². The van der Waals surface area contributed by atoms with Crippen molar-refractivity contribution >= 4 is 15.9 Å². The molecule has 0 saturated carbocycles. The number of benzene rings is 1. The lowest BCUT2D eigenvalue weighted by Gasteiger charge is -2.31. The quantitative estimate of drug-likeness (QED) is 0.866. The standard InChI is InChI=1S/C14H23N3O2S/c1-2-13-7-3-4-8-14(13)16-20(18,19)17-9-5-6-12(10-15)11-17/h3-4,7-8,12,16H,2,5-6,9-11,15H2,1H3. The molecule has 1 aromatic carbocycles. The average molecular weight is 297 g/mol. The van der Waals surface area contributed by atoms with Crippen LogP contribution in [0.1, 0.15) is 25.3 Å². The number of nitrogens with zero attached hydrogens (tertiary/aromatic N) is 1. The van der Waals surface area contributed by atoms with Crippen LogP contribution >= 0.6 is 0 Å². The molecule has 1 aliphatic rings. The number of nitrogens with two attached hydrogens (primary N) is 1. The van der Waals surface area contributed by atoms with Crippen molar-refractivity contribution in [1.29, 1.82) is 0 Å². The number of hydrogen-bond acceptors (Lipinski definition) is 3. The lowest BCUT2D eigenvalue weighted by molar-refractivity contribution is 0.273. The molecule has 2 rings (SSSR count). The van der Waals surface area contributed by atoms with Crippen LogP contribution in [-0.4, -0.2) is 32.4 Å². The summed E-state index contributed by atoms with van der Waals surface area (Å²) in [6.45, 7) is 3.64. The highest BCUT2D eigenvalue weighted by molar-refractivity contribution is 7.90. The molecule has 1 heterocycles. The Labute approximate surface area is 121 Å². The Bertz CT molecular complexity index is 545. The Morgan fingerprint density at radius 2 is 2.15 bits per heavy atom. The zero-order valence-electron chi connectivity index (χ0n) is 11.9. The summed E-state index contributed by atoms with van der Waals surface area (Å²) >= 11 is 0. The minimum Gasteiger partial charge on any atom is -0.330 e. The van der Waals surface area contributed by atoms with Gasteiger partial charge in [0.15, 0.2) is 0 Å². The van der Waals surface area contributed by atoms with Gasteiger partial charge in [-0.05, 0) is 43.4 Å². The van der Waals surface area contributed by atoms with Crippen molar-refractivity contribution < 1.29 is 8.42 Å². The van der Waals surface area contributed by atoms with E-state index in [4.69, 9.17) is 5.73 Å². The van der Waals surface area contributed by atoms with Crippen LogP contribution in [0.3, 0.4) is 0 Å². The monoisotopic (exact) mass is 297 g/mol. The number of hydrogen-bond donors (Lipinski definition) is 2. The Morgan fingerprint density at radius 3 is 2.85 bits per heavy atom. The maximum Gasteiger partial charge on any atom is 0.301 e. The lowest BCUT2D eigenvalue weighted by Crippen LogP contribution is -2.44. The summed E-state index contributed by atoms with van der Waals surface area (Å²) in [6.07, 6.45) is 2.68. The van der Waals surface area contributed by atoms with Gasteiger partial charge in [-0.3, -0.25) is 4.72 Å². The molecule has 20 heavy (non-hydrogen) atoms. The first-order valence-electron chi connectivity index (χ1n) is 7.12. The minimum atomic E-state index is -3.48. The molecule has 1 aromatic rings. The molecule has 0 aromatic heterocycles. The topological polar surface area (TPSA) is 75.4 Å². The molecule has 3 N–H and O–H groups in total. The van der Waals surface area contributed by atoms with Gasteiger partial charge in [0, 0.05) is 13.1 Å². The van der Waals surface area contributed by atoms with E-state index in [0.717, 1.165) is 24.8 Å². The fraction of sp³-hybridized carbons (Fsp3) is 0.571. The molecule has 0 aliphatic carbocycles. The number of para-hydroxylation sites is 1. The first kappa shape index (κ1) is 15.3. The summed E-state index contributed by atoms with van der Waals surface area (Å²) < 4.78 is 29.1. The molecule has 1 aliphatic heterocycles. The predicted molar refractivity (Wildman–Crippen MR) is 81.7 cm³/mol. The Hall–Kier alpha value is -1.11. The van der Waals surface area contributed by atoms with E-state index < -0.39 is 10.2 Å². The maximum atomic E-state index is 12.5. The summed E-state index contributed by atoms with van der Waals surface area (Å²) in [5.74, 6) is 0.266. The Kier molecular flexibility index (Phi) is 5.01. The summed E-state index contributed by atoms with van der Waals surface area (Å²) in [7, 11) is -3.48. The van der Waals surface area contributed by atoms with Gasteiger partial charge in [-0.15, -0.1) is 0 Å². The molecule has 1 fully saturated rings. The molecule has 0 bridgehead atoms. The number of aryl methyl sites for hydroxylation is 1. The smallest absolute Gasteiger partial charge is 0.301 e. The molecular formula is C14H23N3O2S. The molecule has 1 atom stereocenters. The molecule has 0 radical (unpaired) electrons. The van der Waals surface area contributed by atoms with Crippen LogP contribution in [0.25, 0.3) is 0 Å². The third-order valence-electron chi connectivity index (χ3n) is 3.79. The van der Waals surface area contributed by atoms with Crippen molar-refractivity contribution in [3.05, 3.63) is 29.8 Å². The Balaban J connectivity index is 2.14. The summed E-state index contributed by atoms with van der Waals surface area (Å²) in [5.41, 5.74) is 7.34. The second-order valence-electron chi connectivity index (χ2n) is 5.22. The molecular weight excluding hydrogens is 274 g/mol. The highest BCUT2D eigenvalue weighted by Crippen LogP contribution is 2.22. The van der Waals surface area contributed by atoms with E-state index in [9.17, 15) is 8.42 Å². The molecule has 6 heteroatoms. The van der Waals surface area contributed by atoms with Gasteiger partial charge in [0.2, 0.25) is 0 Å². The van der Waals surface area contributed by atoms with E-state index in [1.807, 2.05) is 25.1 Å². The van der Waals surface area contributed by atoms with Gasteiger partial charge in [0.05, 0.1) is 5.69 Å². The van der Waals surface area contributed by atoms with Gasteiger partial charge >= 0.3 is 10.2 Å². The van der Waals surface area contributed by atoms with Gasteiger partial charge in [-0.1, -0.05) is 25.1 Å². The molecule has 0 spiro atoms. The van der Waals surface area contributed by atoms with Gasteiger partial charge in [-0.2, -0.15) is 12.7 Å². The van der Waals surface area contributed by atoms with Crippen molar-refractivity contribution in [2.75, 3.05) is 24.4 Å². The van der Waals surface area contributed by atoms with Crippen LogP contribution in [0, 0.1) is 5.92 Å². The van der Waals surface area contributed by atoms with E-state index in [-0.39, 0.29) is 5.92 Å². The largest absolute Gasteiger partial charge is 0.330 e. The number of nitrogens with one attached hydrogen (secondary N) is 1. The molecule has 112 valence electrons. The Morgan fingerprint density at radius 1 is 1.40 bits per heavy atom. The van der Waals surface area contributed by atoms with Crippen molar-refractivity contribution in [3.63, 3.8) is 0 Å². The molecule has 5 nitrogen and oxygen atoms in total. The SMILES string of the molecule is CCc1ccccc1NS(=O)(=O)N1CCCC(CN)C1. The highest BCUT2D eigenvalue weighted by atomic mass is 32.2. The van der Waals surface area contributed by atoms with E-state index in [0.29, 0.717) is 25.3 Å². The first-order valence-corrected chi connectivity index (χ1v) is 8.56. The van der Waals surface area contributed by atoms with Crippen LogP contribution in [0.5, 0.6) is 0 Å². The van der Waals surface area contributed by atoms with Crippen molar-refractivity contribution in [1.82, 2.24) is 4.31 Å². The van der Waals surface area contributed by atoms with Crippen LogP contribution in [0.15, 0.2) is 24.3 Å². The molecule has 1 unspecified atom stereocenters. The summed E-state index contributed by atoms with van der Waals surface area (Å²) in [6, 6.07) is 7.51. The third-order valence-corrected chi connectivity index (χ3v) is 5.28. The van der Waals surface area contributed by atoms with Crippen LogP contribution < -0.4 is 10.5 Å². The molecule has 1 saturated heterocycles. The van der Waals surface area contributed by atoms with Crippen molar-refractivity contribution in [3.8, 4) is 0 Å².